The molecule has 6 heteroatoms. The molecule has 1 atom stereocenters. The van der Waals surface area contributed by atoms with E-state index in [-0.39, 0.29) is 12.5 Å². The molecule has 1 fully saturated rings. The van der Waals surface area contributed by atoms with Crippen molar-refractivity contribution in [3.63, 3.8) is 0 Å². The number of rotatable bonds is 2. The summed E-state index contributed by atoms with van der Waals surface area (Å²) >= 11 is 3.40. The van der Waals surface area contributed by atoms with Crippen molar-refractivity contribution < 1.29 is 14.7 Å². The van der Waals surface area contributed by atoms with Crippen molar-refractivity contribution in [2.75, 3.05) is 13.1 Å². The van der Waals surface area contributed by atoms with Crippen LogP contribution in [0.15, 0.2) is 28.7 Å². The highest BCUT2D eigenvalue weighted by Gasteiger charge is 2.42. The van der Waals surface area contributed by atoms with E-state index in [1.54, 1.807) is 17.9 Å². The highest BCUT2D eigenvalue weighted by molar-refractivity contribution is 9.10. The third kappa shape index (κ3) is 2.44. The van der Waals surface area contributed by atoms with Gasteiger partial charge in [-0.1, -0.05) is 15.9 Å². The molecule has 2 N–H and O–H groups in total. The summed E-state index contributed by atoms with van der Waals surface area (Å²) in [6.07, 6.45) is 0.486. The van der Waals surface area contributed by atoms with Crippen LogP contribution in [0.5, 0.6) is 0 Å². The topological polar surface area (TPSA) is 73.4 Å². The van der Waals surface area contributed by atoms with E-state index in [9.17, 15) is 14.7 Å². The van der Waals surface area contributed by atoms with Gasteiger partial charge in [0.05, 0.1) is 5.41 Å². The van der Waals surface area contributed by atoms with Gasteiger partial charge < -0.3 is 15.0 Å². The molecule has 1 amide bonds. The fourth-order valence-corrected chi connectivity index (χ4v) is 3.08. The highest BCUT2D eigenvalue weighted by Crippen LogP contribution is 2.31. The van der Waals surface area contributed by atoms with Gasteiger partial charge in [0.1, 0.15) is 5.69 Å². The van der Waals surface area contributed by atoms with Crippen molar-refractivity contribution in [3.8, 4) is 0 Å². The molecule has 1 aliphatic rings. The maximum atomic E-state index is 12.5. The number of halogens is 1. The number of amides is 1. The Hall–Kier alpha value is -1.82. The molecule has 1 aromatic heterocycles. The summed E-state index contributed by atoms with van der Waals surface area (Å²) in [4.78, 5) is 28.5. The van der Waals surface area contributed by atoms with Crippen molar-refractivity contribution >= 4 is 38.7 Å². The zero-order valence-electron chi connectivity index (χ0n) is 11.5. The van der Waals surface area contributed by atoms with Gasteiger partial charge in [0.15, 0.2) is 0 Å². The molecule has 0 spiro atoms. The van der Waals surface area contributed by atoms with Gasteiger partial charge in [-0.2, -0.15) is 0 Å². The Bertz CT molecular complexity index is 740. The number of carboxylic acid groups (broad SMARTS) is 1. The molecule has 0 radical (unpaired) electrons. The molecule has 110 valence electrons. The molecule has 3 rings (SSSR count). The quantitative estimate of drug-likeness (QED) is 0.874. The number of H-pyrrole nitrogens is 1. The van der Waals surface area contributed by atoms with E-state index in [0.29, 0.717) is 18.7 Å². The number of aromatic amines is 1. The molecule has 2 aromatic rings. The second-order valence-corrected chi connectivity index (χ2v) is 6.67. The number of aliphatic carboxylic acids is 1. The Morgan fingerprint density at radius 2 is 2.14 bits per heavy atom. The number of carbonyl (C=O) groups excluding carboxylic acids is 1. The first kappa shape index (κ1) is 14.1. The maximum Gasteiger partial charge on any atom is 0.311 e. The largest absolute Gasteiger partial charge is 0.481 e. The van der Waals surface area contributed by atoms with Gasteiger partial charge in [-0.25, -0.2) is 0 Å². The Morgan fingerprint density at radius 1 is 1.38 bits per heavy atom. The van der Waals surface area contributed by atoms with E-state index >= 15 is 0 Å². The van der Waals surface area contributed by atoms with Crippen LogP contribution in [0, 0.1) is 5.41 Å². The molecule has 21 heavy (non-hydrogen) atoms. The average Bonchev–Trinajstić information content (AvgIpc) is 3.02. The molecule has 1 aliphatic heterocycles. The van der Waals surface area contributed by atoms with Crippen molar-refractivity contribution in [2.24, 2.45) is 5.41 Å². The monoisotopic (exact) mass is 350 g/mol. The number of fused-ring (bicyclic) bond motifs is 1. The molecular formula is C15H15BrN2O3. The lowest BCUT2D eigenvalue weighted by atomic mass is 9.90. The lowest BCUT2D eigenvalue weighted by molar-refractivity contribution is -0.147. The molecule has 0 aliphatic carbocycles. The number of hydrogen-bond donors (Lipinski definition) is 2. The fraction of sp³-hybridized carbons (Fsp3) is 0.333. The minimum Gasteiger partial charge on any atom is -0.481 e. The van der Waals surface area contributed by atoms with Gasteiger partial charge in [-0.15, -0.1) is 0 Å². The number of aromatic nitrogens is 1. The Morgan fingerprint density at radius 3 is 2.81 bits per heavy atom. The first-order valence-electron chi connectivity index (χ1n) is 6.70. The molecule has 1 unspecified atom stereocenters. The van der Waals surface area contributed by atoms with Gasteiger partial charge in [0, 0.05) is 28.5 Å². The van der Waals surface area contributed by atoms with E-state index in [0.717, 1.165) is 15.4 Å². The summed E-state index contributed by atoms with van der Waals surface area (Å²) in [7, 11) is 0. The van der Waals surface area contributed by atoms with Gasteiger partial charge in [0.2, 0.25) is 0 Å². The lowest BCUT2D eigenvalue weighted by Crippen LogP contribution is -2.35. The van der Waals surface area contributed by atoms with Crippen LogP contribution in [0.2, 0.25) is 0 Å². The van der Waals surface area contributed by atoms with Crippen LogP contribution in [0.4, 0.5) is 0 Å². The van der Waals surface area contributed by atoms with E-state index in [1.807, 2.05) is 18.2 Å². The first-order chi connectivity index (χ1) is 9.89. The maximum absolute atomic E-state index is 12.5. The summed E-state index contributed by atoms with van der Waals surface area (Å²) in [6.45, 7) is 2.41. The van der Waals surface area contributed by atoms with Gasteiger partial charge in [-0.05, 0) is 37.6 Å². The van der Waals surface area contributed by atoms with Gasteiger partial charge in [0.25, 0.3) is 5.91 Å². The number of benzene rings is 1. The van der Waals surface area contributed by atoms with Crippen LogP contribution < -0.4 is 0 Å². The third-order valence-corrected chi connectivity index (χ3v) is 4.58. The summed E-state index contributed by atoms with van der Waals surface area (Å²) in [6, 6.07) is 7.55. The Labute approximate surface area is 130 Å². The normalized spacial score (nSPS) is 21.9. The summed E-state index contributed by atoms with van der Waals surface area (Å²) in [5, 5.41) is 10.2. The molecular weight excluding hydrogens is 336 g/mol. The molecule has 2 heterocycles. The fourth-order valence-electron chi connectivity index (χ4n) is 2.70. The van der Waals surface area contributed by atoms with Gasteiger partial charge in [-0.3, -0.25) is 9.59 Å². The second kappa shape index (κ2) is 4.87. The summed E-state index contributed by atoms with van der Waals surface area (Å²) in [5.74, 6) is -0.995. The SMILES string of the molecule is CC1(C(=O)O)CCN(C(=O)c2cc3cc(Br)ccc3[nH]2)C1. The zero-order chi connectivity index (χ0) is 15.2. The summed E-state index contributed by atoms with van der Waals surface area (Å²) in [5.41, 5.74) is 0.546. The summed E-state index contributed by atoms with van der Waals surface area (Å²) < 4.78 is 0.952. The van der Waals surface area contributed by atoms with Crippen LogP contribution in [-0.4, -0.2) is 40.0 Å². The standard InChI is InChI=1S/C15H15BrN2O3/c1-15(14(20)21)4-5-18(8-15)13(19)12-7-9-6-10(16)2-3-11(9)17-12/h2-3,6-7,17H,4-5,8H2,1H3,(H,20,21). The van der Waals surface area contributed by atoms with Crippen molar-refractivity contribution in [3.05, 3.63) is 34.4 Å². The average molecular weight is 351 g/mol. The lowest BCUT2D eigenvalue weighted by Gasteiger charge is -2.19. The molecule has 5 nitrogen and oxygen atoms in total. The van der Waals surface area contributed by atoms with Crippen LogP contribution in [-0.2, 0) is 4.79 Å². The van der Waals surface area contributed by atoms with Crippen molar-refractivity contribution in [1.82, 2.24) is 9.88 Å². The number of nitrogens with zero attached hydrogens (tertiary/aromatic N) is 1. The van der Waals surface area contributed by atoms with Crippen LogP contribution in [0.1, 0.15) is 23.8 Å². The number of carbonyl (C=O) groups is 2. The molecule has 1 aromatic carbocycles. The molecule has 1 saturated heterocycles. The van der Waals surface area contributed by atoms with Crippen LogP contribution in [0.3, 0.4) is 0 Å². The number of likely N-dealkylation sites (tertiary alicyclic amines) is 1. The van der Waals surface area contributed by atoms with E-state index < -0.39 is 11.4 Å². The number of hydrogen-bond acceptors (Lipinski definition) is 2. The van der Waals surface area contributed by atoms with Gasteiger partial charge >= 0.3 is 5.97 Å². The Balaban J connectivity index is 1.86. The minimum atomic E-state index is -0.849. The first-order valence-corrected chi connectivity index (χ1v) is 7.49. The molecule has 0 saturated carbocycles. The van der Waals surface area contributed by atoms with E-state index in [1.165, 1.54) is 0 Å². The number of nitrogens with one attached hydrogen (secondary N) is 1. The minimum absolute atomic E-state index is 0.146. The van der Waals surface area contributed by atoms with Crippen molar-refractivity contribution in [1.29, 1.82) is 0 Å². The second-order valence-electron chi connectivity index (χ2n) is 5.76. The smallest absolute Gasteiger partial charge is 0.311 e. The predicted octanol–water partition coefficient (Wildman–Crippen LogP) is 2.87. The molecule has 0 bridgehead atoms. The van der Waals surface area contributed by atoms with E-state index in [2.05, 4.69) is 20.9 Å². The number of carboxylic acids is 1. The van der Waals surface area contributed by atoms with Crippen LogP contribution in [0.25, 0.3) is 10.9 Å². The zero-order valence-corrected chi connectivity index (χ0v) is 13.1. The highest BCUT2D eigenvalue weighted by atomic mass is 79.9. The van der Waals surface area contributed by atoms with Crippen molar-refractivity contribution in [2.45, 2.75) is 13.3 Å². The van der Waals surface area contributed by atoms with E-state index in [4.69, 9.17) is 0 Å². The predicted molar refractivity (Wildman–Crippen MR) is 82.3 cm³/mol. The van der Waals surface area contributed by atoms with Crippen LogP contribution >= 0.6 is 15.9 Å². The Kier molecular flexibility index (Phi) is 3.28. The third-order valence-electron chi connectivity index (χ3n) is 4.09.